The SMILES string of the molecule is CCNc1nc(C)c([N+](=O)[O-])c(NC2CCCCC2O)n1. The van der Waals surface area contributed by atoms with Gasteiger partial charge in [-0.2, -0.15) is 4.98 Å². The Morgan fingerprint density at radius 2 is 2.10 bits per heavy atom. The van der Waals surface area contributed by atoms with Crippen molar-refractivity contribution in [2.24, 2.45) is 0 Å². The molecular weight excluding hydrogens is 274 g/mol. The molecule has 0 bridgehead atoms. The zero-order chi connectivity index (χ0) is 15.4. The predicted octanol–water partition coefficient (Wildman–Crippen LogP) is 1.84. The summed E-state index contributed by atoms with van der Waals surface area (Å²) in [5.41, 5.74) is 0.174. The van der Waals surface area contributed by atoms with Gasteiger partial charge in [-0.05, 0) is 26.7 Å². The van der Waals surface area contributed by atoms with Crippen molar-refractivity contribution >= 4 is 17.5 Å². The number of nitro groups is 1. The molecule has 21 heavy (non-hydrogen) atoms. The number of anilines is 2. The lowest BCUT2D eigenvalue weighted by Crippen LogP contribution is -2.36. The van der Waals surface area contributed by atoms with Crippen LogP contribution in [0.1, 0.15) is 38.3 Å². The van der Waals surface area contributed by atoms with Gasteiger partial charge in [0.05, 0.1) is 17.1 Å². The van der Waals surface area contributed by atoms with Gasteiger partial charge in [-0.1, -0.05) is 12.8 Å². The maximum atomic E-state index is 11.2. The van der Waals surface area contributed by atoms with E-state index in [4.69, 9.17) is 0 Å². The average Bonchev–Trinajstić information content (AvgIpc) is 2.41. The fourth-order valence-electron chi connectivity index (χ4n) is 2.58. The van der Waals surface area contributed by atoms with E-state index in [2.05, 4.69) is 20.6 Å². The molecule has 2 rings (SSSR count). The summed E-state index contributed by atoms with van der Waals surface area (Å²) in [5, 5.41) is 27.2. The minimum absolute atomic E-state index is 0.130. The highest BCUT2D eigenvalue weighted by Gasteiger charge is 2.28. The molecule has 0 radical (unpaired) electrons. The van der Waals surface area contributed by atoms with Gasteiger partial charge in [0.25, 0.3) is 0 Å². The lowest BCUT2D eigenvalue weighted by atomic mass is 9.92. The molecule has 0 aliphatic heterocycles. The topological polar surface area (TPSA) is 113 Å². The fraction of sp³-hybridized carbons (Fsp3) is 0.692. The van der Waals surface area contributed by atoms with Gasteiger partial charge < -0.3 is 15.7 Å². The largest absolute Gasteiger partial charge is 0.391 e. The molecule has 2 unspecified atom stereocenters. The first-order valence-electron chi connectivity index (χ1n) is 7.24. The number of aryl methyl sites for hydroxylation is 1. The van der Waals surface area contributed by atoms with Crippen molar-refractivity contribution in [1.29, 1.82) is 0 Å². The Kier molecular flexibility index (Phi) is 4.89. The maximum Gasteiger partial charge on any atom is 0.332 e. The molecule has 0 saturated heterocycles. The van der Waals surface area contributed by atoms with E-state index in [1.165, 1.54) is 0 Å². The van der Waals surface area contributed by atoms with Crippen molar-refractivity contribution in [3.8, 4) is 0 Å². The first kappa shape index (κ1) is 15.4. The van der Waals surface area contributed by atoms with Crippen LogP contribution in [0.15, 0.2) is 0 Å². The molecule has 1 fully saturated rings. The van der Waals surface area contributed by atoms with Gasteiger partial charge in [0, 0.05) is 6.54 Å². The summed E-state index contributed by atoms with van der Waals surface area (Å²) in [6, 6.07) is -0.207. The van der Waals surface area contributed by atoms with E-state index in [1.54, 1.807) is 6.92 Å². The van der Waals surface area contributed by atoms with Crippen molar-refractivity contribution in [3.63, 3.8) is 0 Å². The number of aromatic nitrogens is 2. The van der Waals surface area contributed by atoms with E-state index in [1.807, 2.05) is 6.92 Å². The second-order valence-electron chi connectivity index (χ2n) is 5.22. The van der Waals surface area contributed by atoms with Crippen molar-refractivity contribution < 1.29 is 10.0 Å². The molecule has 0 spiro atoms. The Morgan fingerprint density at radius 3 is 2.71 bits per heavy atom. The van der Waals surface area contributed by atoms with E-state index in [0.717, 1.165) is 19.3 Å². The smallest absolute Gasteiger partial charge is 0.332 e. The molecule has 2 atom stereocenters. The highest BCUT2D eigenvalue weighted by molar-refractivity contribution is 5.61. The fourth-order valence-corrected chi connectivity index (χ4v) is 2.58. The van der Waals surface area contributed by atoms with Crippen LogP contribution in [-0.2, 0) is 0 Å². The quantitative estimate of drug-likeness (QED) is 0.561. The second-order valence-corrected chi connectivity index (χ2v) is 5.22. The van der Waals surface area contributed by atoms with Gasteiger partial charge in [-0.15, -0.1) is 0 Å². The number of hydrogen-bond acceptors (Lipinski definition) is 7. The van der Waals surface area contributed by atoms with Crippen LogP contribution in [0.2, 0.25) is 0 Å². The lowest BCUT2D eigenvalue weighted by Gasteiger charge is -2.28. The van der Waals surface area contributed by atoms with Crippen molar-refractivity contribution in [2.45, 2.75) is 51.7 Å². The minimum atomic E-state index is -0.504. The highest BCUT2D eigenvalue weighted by Crippen LogP contribution is 2.29. The number of rotatable bonds is 5. The molecule has 1 aliphatic carbocycles. The minimum Gasteiger partial charge on any atom is -0.391 e. The summed E-state index contributed by atoms with van der Waals surface area (Å²) in [7, 11) is 0. The normalized spacial score (nSPS) is 21.9. The summed E-state index contributed by atoms with van der Waals surface area (Å²) >= 11 is 0. The number of hydrogen-bond donors (Lipinski definition) is 3. The third kappa shape index (κ3) is 3.57. The Morgan fingerprint density at radius 1 is 1.38 bits per heavy atom. The van der Waals surface area contributed by atoms with Crippen LogP contribution >= 0.6 is 0 Å². The second kappa shape index (κ2) is 6.66. The van der Waals surface area contributed by atoms with E-state index in [0.29, 0.717) is 24.6 Å². The summed E-state index contributed by atoms with van der Waals surface area (Å²) in [5.74, 6) is 0.530. The van der Waals surface area contributed by atoms with E-state index < -0.39 is 11.0 Å². The molecule has 0 amide bonds. The van der Waals surface area contributed by atoms with Crippen LogP contribution in [0.4, 0.5) is 17.5 Å². The summed E-state index contributed by atoms with van der Waals surface area (Å²) in [6.07, 6.45) is 2.95. The van der Waals surface area contributed by atoms with Crippen molar-refractivity contribution in [1.82, 2.24) is 9.97 Å². The third-order valence-electron chi connectivity index (χ3n) is 3.63. The van der Waals surface area contributed by atoms with E-state index in [-0.39, 0.29) is 17.5 Å². The summed E-state index contributed by atoms with van der Waals surface area (Å²) in [6.45, 7) is 4.12. The van der Waals surface area contributed by atoms with Crippen LogP contribution in [0.25, 0.3) is 0 Å². The van der Waals surface area contributed by atoms with Crippen LogP contribution in [0, 0.1) is 17.0 Å². The van der Waals surface area contributed by atoms with Gasteiger partial charge >= 0.3 is 5.69 Å². The van der Waals surface area contributed by atoms with Crippen LogP contribution < -0.4 is 10.6 Å². The van der Waals surface area contributed by atoms with Gasteiger partial charge in [0.1, 0.15) is 5.69 Å². The zero-order valence-electron chi connectivity index (χ0n) is 12.3. The van der Waals surface area contributed by atoms with Crippen LogP contribution in [-0.4, -0.2) is 38.7 Å². The van der Waals surface area contributed by atoms with Gasteiger partial charge in [0.15, 0.2) is 0 Å². The molecular formula is C13H21N5O3. The van der Waals surface area contributed by atoms with Gasteiger partial charge in [-0.3, -0.25) is 10.1 Å². The monoisotopic (exact) mass is 295 g/mol. The number of nitrogens with zero attached hydrogens (tertiary/aromatic N) is 3. The Balaban J connectivity index is 2.32. The Hall–Kier alpha value is -1.96. The predicted molar refractivity (Wildman–Crippen MR) is 79.5 cm³/mol. The van der Waals surface area contributed by atoms with Gasteiger partial charge in [0.2, 0.25) is 11.8 Å². The molecule has 3 N–H and O–H groups in total. The standard InChI is InChI=1S/C13H21N5O3/c1-3-14-13-15-8(2)11(18(20)21)12(17-13)16-9-6-4-5-7-10(9)19/h9-10,19H,3-7H2,1-2H3,(H2,14,15,16,17). The van der Waals surface area contributed by atoms with Gasteiger partial charge in [-0.25, -0.2) is 4.98 Å². The van der Waals surface area contributed by atoms with Crippen molar-refractivity contribution in [2.75, 3.05) is 17.2 Å². The summed E-state index contributed by atoms with van der Waals surface area (Å²) < 4.78 is 0. The molecule has 8 heteroatoms. The van der Waals surface area contributed by atoms with E-state index in [9.17, 15) is 15.2 Å². The average molecular weight is 295 g/mol. The van der Waals surface area contributed by atoms with Crippen LogP contribution in [0.3, 0.4) is 0 Å². The third-order valence-corrected chi connectivity index (χ3v) is 3.63. The molecule has 1 saturated carbocycles. The first-order valence-corrected chi connectivity index (χ1v) is 7.24. The number of aliphatic hydroxyl groups excluding tert-OH is 1. The lowest BCUT2D eigenvalue weighted by molar-refractivity contribution is -0.385. The molecule has 0 aromatic carbocycles. The first-order chi connectivity index (χ1) is 10.0. The Labute approximate surface area is 123 Å². The zero-order valence-corrected chi connectivity index (χ0v) is 12.3. The molecule has 8 nitrogen and oxygen atoms in total. The maximum absolute atomic E-state index is 11.2. The molecule has 1 heterocycles. The highest BCUT2D eigenvalue weighted by atomic mass is 16.6. The molecule has 1 aromatic rings. The molecule has 1 aliphatic rings. The summed E-state index contributed by atoms with van der Waals surface area (Å²) in [4.78, 5) is 19.0. The molecule has 1 aromatic heterocycles. The van der Waals surface area contributed by atoms with E-state index >= 15 is 0 Å². The molecule has 116 valence electrons. The number of aliphatic hydroxyl groups is 1. The van der Waals surface area contributed by atoms with Crippen LogP contribution in [0.5, 0.6) is 0 Å². The Bertz CT molecular complexity index is 523. The van der Waals surface area contributed by atoms with Crippen molar-refractivity contribution in [3.05, 3.63) is 15.8 Å². The number of nitrogens with one attached hydrogen (secondary N) is 2.